The maximum atomic E-state index is 13.0. The predicted molar refractivity (Wildman–Crippen MR) is 353 cm³/mol. The minimum Gasteiger partial charge on any atom is -0.756 e. The van der Waals surface area contributed by atoms with Crippen LogP contribution in [-0.2, 0) is 18.4 Å². The molecule has 482 valence electrons. The number of nitrogens with one attached hydrogen (secondary N) is 1. The van der Waals surface area contributed by atoms with Gasteiger partial charge in [0, 0.05) is 6.42 Å². The predicted octanol–water partition coefficient (Wildman–Crippen LogP) is 22.4. The summed E-state index contributed by atoms with van der Waals surface area (Å²) in [6, 6.07) is -0.901. The number of amides is 1. The molecule has 1 amide bonds. The van der Waals surface area contributed by atoms with Crippen LogP contribution in [0, 0.1) is 0 Å². The first-order chi connectivity index (χ1) is 39.5. The molecule has 0 rings (SSSR count). The number of nitrogens with zero attached hydrogens (tertiary/aromatic N) is 1. The van der Waals surface area contributed by atoms with E-state index in [1.807, 2.05) is 27.2 Å². The van der Waals surface area contributed by atoms with Crippen molar-refractivity contribution in [1.82, 2.24) is 5.32 Å². The van der Waals surface area contributed by atoms with Crippen LogP contribution >= 0.6 is 7.82 Å². The Labute approximate surface area is 506 Å². The molecular weight excluding hydrogens is 1020 g/mol. The van der Waals surface area contributed by atoms with E-state index in [2.05, 4.69) is 31.3 Å². The third-order valence-electron chi connectivity index (χ3n) is 16.9. The van der Waals surface area contributed by atoms with Gasteiger partial charge in [0.25, 0.3) is 7.82 Å². The fourth-order valence-electron chi connectivity index (χ4n) is 11.3. The van der Waals surface area contributed by atoms with Gasteiger partial charge in [-0.3, -0.25) is 9.36 Å². The van der Waals surface area contributed by atoms with Crippen LogP contribution in [0.2, 0.25) is 0 Å². The fourth-order valence-corrected chi connectivity index (χ4v) is 12.0. The third kappa shape index (κ3) is 66.4. The Morgan fingerprint density at radius 3 is 1.00 bits per heavy atom. The van der Waals surface area contributed by atoms with E-state index in [-0.39, 0.29) is 19.1 Å². The second-order valence-electron chi connectivity index (χ2n) is 26.3. The Kier molecular flexibility index (Phi) is 62.7. The first-order valence-corrected chi connectivity index (χ1v) is 37.7. The van der Waals surface area contributed by atoms with Crippen molar-refractivity contribution in [3.8, 4) is 0 Å². The monoisotopic (exact) mass is 1160 g/mol. The maximum absolute atomic E-state index is 13.0. The highest BCUT2D eigenvalue weighted by atomic mass is 31.2. The van der Waals surface area contributed by atoms with Crippen molar-refractivity contribution < 1.29 is 32.9 Å². The number of carbonyl (C=O) groups is 1. The van der Waals surface area contributed by atoms with Crippen LogP contribution in [0.5, 0.6) is 0 Å². The SMILES string of the molecule is CCCCCCCCCCCCCC/C=C/CC/C=C/C(O)C(COP(=O)([O-])OCC[N+](C)(C)C)NC(=O)CCCCCCCCCCCCCCCCCCCCCCCCCCCCCCCCCCCCCCCCCCC. The highest BCUT2D eigenvalue weighted by molar-refractivity contribution is 7.45. The lowest BCUT2D eigenvalue weighted by atomic mass is 10.0. The number of hydrogen-bond acceptors (Lipinski definition) is 6. The van der Waals surface area contributed by atoms with E-state index >= 15 is 0 Å². The molecule has 0 aromatic carbocycles. The molecule has 0 aromatic rings. The standard InChI is InChI=1S/C72H143N2O6P/c1-6-8-10-12-14-16-18-20-22-24-26-27-28-29-30-31-32-33-34-35-36-37-38-39-40-41-42-43-44-45-46-47-48-50-52-54-56-58-60-62-64-66-72(76)73-70(69-80-81(77,78)79-68-67-74(3,4)5)71(75)65-63-61-59-57-55-53-51-49-25-23-21-19-17-15-13-11-9-7-2/h55,57,63,65,70-71,75H,6-54,56,58-62,64,66-69H2,1-5H3,(H-,73,76,77,78)/b57-55+,65-63+. The molecule has 0 saturated carbocycles. The van der Waals surface area contributed by atoms with Crippen LogP contribution in [0.3, 0.4) is 0 Å². The second-order valence-corrected chi connectivity index (χ2v) is 27.7. The van der Waals surface area contributed by atoms with Gasteiger partial charge >= 0.3 is 0 Å². The average molecular weight is 1160 g/mol. The van der Waals surface area contributed by atoms with Crippen LogP contribution < -0.4 is 10.2 Å². The first kappa shape index (κ1) is 80.0. The van der Waals surface area contributed by atoms with Crippen LogP contribution in [0.25, 0.3) is 0 Å². The summed E-state index contributed by atoms with van der Waals surface area (Å²) in [5, 5.41) is 13.9. The molecule has 0 heterocycles. The number of hydrogen-bond donors (Lipinski definition) is 2. The number of phosphoric ester groups is 1. The van der Waals surface area contributed by atoms with E-state index in [1.165, 1.54) is 321 Å². The lowest BCUT2D eigenvalue weighted by Gasteiger charge is -2.29. The summed E-state index contributed by atoms with van der Waals surface area (Å²) < 4.78 is 23.4. The summed E-state index contributed by atoms with van der Waals surface area (Å²) in [4.78, 5) is 25.6. The van der Waals surface area contributed by atoms with Gasteiger partial charge in [0.1, 0.15) is 13.2 Å². The molecule has 3 atom stereocenters. The Bertz CT molecular complexity index is 1370. The number of unbranched alkanes of at least 4 members (excludes halogenated alkanes) is 53. The number of phosphoric acid groups is 1. The molecule has 8 nitrogen and oxygen atoms in total. The van der Waals surface area contributed by atoms with Crippen molar-refractivity contribution in [3.05, 3.63) is 24.3 Å². The number of likely N-dealkylation sites (N-methyl/N-ethyl adjacent to an activating group) is 1. The highest BCUT2D eigenvalue weighted by Gasteiger charge is 2.23. The van der Waals surface area contributed by atoms with Crippen LogP contribution in [-0.4, -0.2) is 68.5 Å². The number of allylic oxidation sites excluding steroid dienone is 3. The van der Waals surface area contributed by atoms with Crippen molar-refractivity contribution in [1.29, 1.82) is 0 Å². The van der Waals surface area contributed by atoms with Crippen molar-refractivity contribution in [2.45, 2.75) is 392 Å². The lowest BCUT2D eigenvalue weighted by molar-refractivity contribution is -0.870. The van der Waals surface area contributed by atoms with Crippen molar-refractivity contribution in [2.75, 3.05) is 40.9 Å². The summed E-state index contributed by atoms with van der Waals surface area (Å²) in [6.07, 6.45) is 83.4. The number of aliphatic hydroxyl groups is 1. The molecule has 9 heteroatoms. The Morgan fingerprint density at radius 2 is 0.691 bits per heavy atom. The number of aliphatic hydroxyl groups excluding tert-OH is 1. The van der Waals surface area contributed by atoms with Gasteiger partial charge < -0.3 is 28.8 Å². The van der Waals surface area contributed by atoms with E-state index in [4.69, 9.17) is 9.05 Å². The second kappa shape index (κ2) is 63.5. The van der Waals surface area contributed by atoms with E-state index in [0.717, 1.165) is 38.5 Å². The zero-order chi connectivity index (χ0) is 59.1. The highest BCUT2D eigenvalue weighted by Crippen LogP contribution is 2.38. The number of rotatable bonds is 68. The van der Waals surface area contributed by atoms with E-state index < -0.39 is 20.0 Å². The third-order valence-corrected chi connectivity index (χ3v) is 17.9. The quantitative estimate of drug-likeness (QED) is 0.0272. The van der Waals surface area contributed by atoms with Gasteiger partial charge in [0.05, 0.1) is 39.9 Å². The molecule has 81 heavy (non-hydrogen) atoms. The summed E-state index contributed by atoms with van der Waals surface area (Å²) in [5.41, 5.74) is 0. The Balaban J connectivity index is 3.87. The molecule has 0 saturated heterocycles. The topological polar surface area (TPSA) is 108 Å². The molecule has 0 aliphatic heterocycles. The minimum absolute atomic E-state index is 0.00358. The van der Waals surface area contributed by atoms with Gasteiger partial charge in [-0.05, 0) is 32.1 Å². The number of carbonyl (C=O) groups excluding carboxylic acids is 1. The van der Waals surface area contributed by atoms with Crippen molar-refractivity contribution >= 4 is 13.7 Å². The maximum Gasteiger partial charge on any atom is 0.268 e. The molecule has 2 N–H and O–H groups in total. The lowest BCUT2D eigenvalue weighted by Crippen LogP contribution is -2.45. The average Bonchev–Trinajstić information content (AvgIpc) is 3.43. The molecule has 0 aromatic heterocycles. The molecule has 0 aliphatic carbocycles. The molecule has 3 unspecified atom stereocenters. The summed E-state index contributed by atoms with van der Waals surface area (Å²) in [6.45, 7) is 4.68. The molecule has 0 spiro atoms. The van der Waals surface area contributed by atoms with Crippen LogP contribution in [0.15, 0.2) is 24.3 Å². The van der Waals surface area contributed by atoms with Gasteiger partial charge in [-0.1, -0.05) is 366 Å². The van der Waals surface area contributed by atoms with Gasteiger partial charge in [-0.2, -0.15) is 0 Å². The zero-order valence-electron chi connectivity index (χ0n) is 55.3. The molecule has 0 bridgehead atoms. The summed E-state index contributed by atoms with van der Waals surface area (Å²) >= 11 is 0. The van der Waals surface area contributed by atoms with Crippen molar-refractivity contribution in [2.24, 2.45) is 0 Å². The Hall–Kier alpha value is -1.02. The van der Waals surface area contributed by atoms with Gasteiger partial charge in [0.15, 0.2) is 0 Å². The Morgan fingerprint density at radius 1 is 0.420 bits per heavy atom. The minimum atomic E-state index is -4.61. The smallest absolute Gasteiger partial charge is 0.268 e. The normalized spacial score (nSPS) is 13.7. The number of quaternary nitrogens is 1. The van der Waals surface area contributed by atoms with Gasteiger partial charge in [-0.25, -0.2) is 0 Å². The molecule has 0 aliphatic rings. The molecular formula is C72H143N2O6P. The van der Waals surface area contributed by atoms with E-state index in [0.29, 0.717) is 17.4 Å². The van der Waals surface area contributed by atoms with Gasteiger partial charge in [-0.15, -0.1) is 0 Å². The molecule has 0 radical (unpaired) electrons. The fraction of sp³-hybridized carbons (Fsp3) is 0.931. The van der Waals surface area contributed by atoms with E-state index in [1.54, 1.807) is 6.08 Å². The molecule has 0 fully saturated rings. The van der Waals surface area contributed by atoms with Crippen LogP contribution in [0.4, 0.5) is 0 Å². The van der Waals surface area contributed by atoms with Crippen molar-refractivity contribution in [3.63, 3.8) is 0 Å². The van der Waals surface area contributed by atoms with Gasteiger partial charge in [0.2, 0.25) is 5.91 Å². The zero-order valence-corrected chi connectivity index (χ0v) is 56.2. The van der Waals surface area contributed by atoms with E-state index in [9.17, 15) is 19.4 Å². The van der Waals surface area contributed by atoms with Crippen LogP contribution in [0.1, 0.15) is 380 Å². The summed E-state index contributed by atoms with van der Waals surface area (Å²) in [5.74, 6) is -0.199. The summed E-state index contributed by atoms with van der Waals surface area (Å²) in [7, 11) is 1.26. The largest absolute Gasteiger partial charge is 0.756 e. The first-order valence-electron chi connectivity index (χ1n) is 36.2.